The summed E-state index contributed by atoms with van der Waals surface area (Å²) in [5.41, 5.74) is 1.33. The molecule has 0 aromatic heterocycles. The minimum absolute atomic E-state index is 0.176. The van der Waals surface area contributed by atoms with E-state index < -0.39 is 0 Å². The second-order valence-corrected chi connectivity index (χ2v) is 5.60. The number of aryl methyl sites for hydroxylation is 1. The number of unbranched alkanes of at least 4 members (excludes halogenated alkanes) is 2. The predicted octanol–water partition coefficient (Wildman–Crippen LogP) is 5.76. The SMILES string of the molecule is CCCCCN(CC)CCCF.CCc1ccc(Cl)cc1. The molecule has 1 aromatic carbocycles. The van der Waals surface area contributed by atoms with Crippen LogP contribution in [0.5, 0.6) is 0 Å². The van der Waals surface area contributed by atoms with Crippen molar-refractivity contribution in [2.24, 2.45) is 0 Å². The van der Waals surface area contributed by atoms with Crippen LogP contribution in [-0.2, 0) is 6.42 Å². The van der Waals surface area contributed by atoms with E-state index in [2.05, 4.69) is 25.7 Å². The van der Waals surface area contributed by atoms with Crippen molar-refractivity contribution in [1.29, 1.82) is 0 Å². The highest BCUT2D eigenvalue weighted by atomic mass is 35.5. The lowest BCUT2D eigenvalue weighted by atomic mass is 10.2. The number of halogens is 2. The van der Waals surface area contributed by atoms with Gasteiger partial charge in [-0.05, 0) is 50.0 Å². The first-order chi connectivity index (χ1) is 10.2. The molecular weight excluding hydrogens is 285 g/mol. The van der Waals surface area contributed by atoms with Crippen molar-refractivity contribution < 1.29 is 4.39 Å². The summed E-state index contributed by atoms with van der Waals surface area (Å²) in [5.74, 6) is 0. The third-order valence-electron chi connectivity index (χ3n) is 3.45. The minimum atomic E-state index is -0.176. The van der Waals surface area contributed by atoms with Crippen LogP contribution in [0.15, 0.2) is 24.3 Å². The van der Waals surface area contributed by atoms with Gasteiger partial charge in [0.05, 0.1) is 6.67 Å². The van der Waals surface area contributed by atoms with Gasteiger partial charge in [0.15, 0.2) is 0 Å². The molecule has 0 unspecified atom stereocenters. The molecule has 1 aromatic rings. The molecule has 0 saturated carbocycles. The maximum Gasteiger partial charge on any atom is 0.0906 e. The summed E-state index contributed by atoms with van der Waals surface area (Å²) >= 11 is 5.67. The Balaban J connectivity index is 0.000000394. The van der Waals surface area contributed by atoms with Gasteiger partial charge < -0.3 is 4.90 Å². The zero-order valence-electron chi connectivity index (χ0n) is 13.9. The highest BCUT2D eigenvalue weighted by molar-refractivity contribution is 6.30. The standard InChI is InChI=1S/C10H22FN.C8H9Cl/c1-3-5-6-9-12(4-2)10-7-8-11;1-2-7-3-5-8(9)6-4-7/h3-10H2,1-2H3;3-6H,2H2,1H3. The number of benzene rings is 1. The highest BCUT2D eigenvalue weighted by Crippen LogP contribution is 2.09. The Morgan fingerprint density at radius 3 is 2.05 bits per heavy atom. The molecule has 0 atom stereocenters. The van der Waals surface area contributed by atoms with E-state index in [1.165, 1.54) is 24.8 Å². The van der Waals surface area contributed by atoms with E-state index in [1.807, 2.05) is 24.3 Å². The number of hydrogen-bond donors (Lipinski definition) is 0. The normalized spacial score (nSPS) is 10.4. The minimum Gasteiger partial charge on any atom is -0.304 e. The maximum absolute atomic E-state index is 11.9. The van der Waals surface area contributed by atoms with Crippen molar-refractivity contribution in [3.05, 3.63) is 34.9 Å². The third-order valence-corrected chi connectivity index (χ3v) is 3.71. The lowest BCUT2D eigenvalue weighted by Crippen LogP contribution is -2.25. The van der Waals surface area contributed by atoms with E-state index in [0.717, 1.165) is 31.1 Å². The molecule has 0 aliphatic heterocycles. The first-order valence-corrected chi connectivity index (χ1v) is 8.58. The molecule has 0 bridgehead atoms. The molecule has 1 nitrogen and oxygen atoms in total. The van der Waals surface area contributed by atoms with Gasteiger partial charge in [-0.3, -0.25) is 4.39 Å². The van der Waals surface area contributed by atoms with Crippen LogP contribution in [0.1, 0.15) is 52.0 Å². The monoisotopic (exact) mass is 315 g/mol. The number of rotatable bonds is 9. The van der Waals surface area contributed by atoms with Gasteiger partial charge in [0, 0.05) is 11.6 Å². The van der Waals surface area contributed by atoms with Crippen LogP contribution < -0.4 is 0 Å². The zero-order valence-corrected chi connectivity index (χ0v) is 14.6. The molecule has 1 rings (SSSR count). The molecule has 0 N–H and O–H groups in total. The summed E-state index contributed by atoms with van der Waals surface area (Å²) in [6, 6.07) is 7.92. The molecule has 122 valence electrons. The highest BCUT2D eigenvalue weighted by Gasteiger charge is 2.00. The van der Waals surface area contributed by atoms with Crippen molar-refractivity contribution in [1.82, 2.24) is 4.90 Å². The van der Waals surface area contributed by atoms with Crippen LogP contribution in [0.2, 0.25) is 5.02 Å². The van der Waals surface area contributed by atoms with Crippen LogP contribution in [-0.4, -0.2) is 31.2 Å². The van der Waals surface area contributed by atoms with Gasteiger partial charge in [-0.15, -0.1) is 0 Å². The fourth-order valence-corrected chi connectivity index (χ4v) is 2.14. The fraction of sp³-hybridized carbons (Fsp3) is 0.667. The summed E-state index contributed by atoms with van der Waals surface area (Å²) in [7, 11) is 0. The van der Waals surface area contributed by atoms with Crippen molar-refractivity contribution in [3.8, 4) is 0 Å². The zero-order chi connectivity index (χ0) is 15.9. The van der Waals surface area contributed by atoms with Gasteiger partial charge in [0.2, 0.25) is 0 Å². The quantitative estimate of drug-likeness (QED) is 0.524. The fourth-order valence-electron chi connectivity index (χ4n) is 2.02. The second-order valence-electron chi connectivity index (χ2n) is 5.16. The molecular formula is C18H31ClFN. The molecule has 0 amide bonds. The summed E-state index contributed by atoms with van der Waals surface area (Å²) in [6.07, 6.45) is 5.60. The average molecular weight is 316 g/mol. The third kappa shape index (κ3) is 11.7. The van der Waals surface area contributed by atoms with Crippen molar-refractivity contribution in [3.63, 3.8) is 0 Å². The van der Waals surface area contributed by atoms with E-state index in [9.17, 15) is 4.39 Å². The molecule has 21 heavy (non-hydrogen) atoms. The first kappa shape index (κ1) is 20.4. The van der Waals surface area contributed by atoms with Crippen molar-refractivity contribution in [2.75, 3.05) is 26.3 Å². The van der Waals surface area contributed by atoms with Crippen LogP contribution >= 0.6 is 11.6 Å². The van der Waals surface area contributed by atoms with Crippen LogP contribution in [0, 0.1) is 0 Å². The molecule has 0 aliphatic rings. The van der Waals surface area contributed by atoms with E-state index in [1.54, 1.807) is 0 Å². The van der Waals surface area contributed by atoms with Gasteiger partial charge in [-0.1, -0.05) is 57.3 Å². The summed E-state index contributed by atoms with van der Waals surface area (Å²) < 4.78 is 11.9. The maximum atomic E-state index is 11.9. The first-order valence-electron chi connectivity index (χ1n) is 8.20. The molecule has 0 radical (unpaired) electrons. The van der Waals surface area contributed by atoms with E-state index in [-0.39, 0.29) is 6.67 Å². The molecule has 0 saturated heterocycles. The van der Waals surface area contributed by atoms with Gasteiger partial charge in [-0.2, -0.15) is 0 Å². The summed E-state index contributed by atoms with van der Waals surface area (Å²) in [5, 5.41) is 0.812. The van der Waals surface area contributed by atoms with Crippen LogP contribution in [0.3, 0.4) is 0 Å². The largest absolute Gasteiger partial charge is 0.304 e. The molecule has 0 spiro atoms. The number of nitrogens with zero attached hydrogens (tertiary/aromatic N) is 1. The molecule has 0 aliphatic carbocycles. The Labute approximate surface area is 135 Å². The van der Waals surface area contributed by atoms with Gasteiger partial charge in [-0.25, -0.2) is 0 Å². The predicted molar refractivity (Wildman–Crippen MR) is 93.1 cm³/mol. The van der Waals surface area contributed by atoms with Crippen molar-refractivity contribution in [2.45, 2.75) is 52.9 Å². The van der Waals surface area contributed by atoms with Crippen LogP contribution in [0.25, 0.3) is 0 Å². The Morgan fingerprint density at radius 1 is 0.952 bits per heavy atom. The number of hydrogen-bond acceptors (Lipinski definition) is 1. The van der Waals surface area contributed by atoms with Gasteiger partial charge in [0.1, 0.15) is 0 Å². The summed E-state index contributed by atoms with van der Waals surface area (Å²) in [6.45, 7) is 9.43. The molecule has 3 heteroatoms. The topological polar surface area (TPSA) is 3.24 Å². The van der Waals surface area contributed by atoms with Gasteiger partial charge in [0.25, 0.3) is 0 Å². The summed E-state index contributed by atoms with van der Waals surface area (Å²) in [4.78, 5) is 2.33. The Kier molecular flexibility index (Phi) is 13.9. The Morgan fingerprint density at radius 2 is 1.57 bits per heavy atom. The van der Waals surface area contributed by atoms with Crippen LogP contribution in [0.4, 0.5) is 4.39 Å². The number of alkyl halides is 1. The van der Waals surface area contributed by atoms with E-state index >= 15 is 0 Å². The van der Waals surface area contributed by atoms with E-state index in [0.29, 0.717) is 6.42 Å². The lowest BCUT2D eigenvalue weighted by Gasteiger charge is -2.19. The van der Waals surface area contributed by atoms with Gasteiger partial charge >= 0.3 is 0 Å². The lowest BCUT2D eigenvalue weighted by molar-refractivity contribution is 0.265. The van der Waals surface area contributed by atoms with E-state index in [4.69, 9.17) is 11.6 Å². The average Bonchev–Trinajstić information content (AvgIpc) is 2.52. The molecule has 0 fully saturated rings. The van der Waals surface area contributed by atoms with Crippen molar-refractivity contribution >= 4 is 11.6 Å². The molecule has 0 heterocycles. The Bertz CT molecular complexity index is 326. The second kappa shape index (κ2) is 14.3. The Hall–Kier alpha value is -0.600. The smallest absolute Gasteiger partial charge is 0.0906 e.